The second-order valence-corrected chi connectivity index (χ2v) is 7.83. The number of amides is 3. The highest BCUT2D eigenvalue weighted by molar-refractivity contribution is 6.03. The van der Waals surface area contributed by atoms with Crippen molar-refractivity contribution in [3.63, 3.8) is 0 Å². The summed E-state index contributed by atoms with van der Waals surface area (Å²) < 4.78 is 0. The first-order valence-electron chi connectivity index (χ1n) is 10.5. The number of aromatic nitrogens is 2. The van der Waals surface area contributed by atoms with Crippen molar-refractivity contribution >= 4 is 28.6 Å². The molecular weight excluding hydrogens is 418 g/mol. The SMILES string of the molecule is CC(C(=O)NNC(=O)c1ccccn1)N1C(=O)c2ccccc2C1c1c[nH]c2ccccc12. The van der Waals surface area contributed by atoms with Crippen LogP contribution in [0.25, 0.3) is 10.9 Å². The molecule has 1 aliphatic heterocycles. The van der Waals surface area contributed by atoms with Crippen LogP contribution in [0.15, 0.2) is 79.1 Å². The first kappa shape index (κ1) is 20.4. The van der Waals surface area contributed by atoms with Crippen LogP contribution in [-0.2, 0) is 4.79 Å². The van der Waals surface area contributed by atoms with Crippen LogP contribution in [0.1, 0.15) is 44.9 Å². The van der Waals surface area contributed by atoms with Crippen LogP contribution < -0.4 is 10.9 Å². The Morgan fingerprint density at radius 3 is 2.55 bits per heavy atom. The number of carbonyl (C=O) groups is 3. The summed E-state index contributed by atoms with van der Waals surface area (Å²) in [4.78, 5) is 47.4. The van der Waals surface area contributed by atoms with E-state index < -0.39 is 23.9 Å². The fourth-order valence-corrected chi connectivity index (χ4v) is 4.28. The molecule has 5 rings (SSSR count). The van der Waals surface area contributed by atoms with Gasteiger partial charge in [-0.05, 0) is 36.8 Å². The average molecular weight is 439 g/mol. The van der Waals surface area contributed by atoms with Gasteiger partial charge in [-0.25, -0.2) is 0 Å². The number of hydrogen-bond acceptors (Lipinski definition) is 4. The highest BCUT2D eigenvalue weighted by Gasteiger charge is 2.43. The molecule has 0 spiro atoms. The normalized spacial score (nSPS) is 15.8. The Morgan fingerprint density at radius 1 is 0.970 bits per heavy atom. The maximum Gasteiger partial charge on any atom is 0.288 e. The van der Waals surface area contributed by atoms with E-state index in [0.717, 1.165) is 22.0 Å². The van der Waals surface area contributed by atoms with Crippen molar-refractivity contribution in [2.45, 2.75) is 19.0 Å². The lowest BCUT2D eigenvalue weighted by atomic mass is 9.97. The lowest BCUT2D eigenvalue weighted by Gasteiger charge is -2.30. The molecule has 0 aliphatic carbocycles. The first-order chi connectivity index (χ1) is 16.1. The molecule has 8 heteroatoms. The van der Waals surface area contributed by atoms with Crippen LogP contribution in [0.2, 0.25) is 0 Å². The van der Waals surface area contributed by atoms with Crippen molar-refractivity contribution in [2.75, 3.05) is 0 Å². The first-order valence-corrected chi connectivity index (χ1v) is 10.5. The van der Waals surface area contributed by atoms with Crippen LogP contribution >= 0.6 is 0 Å². The third-order valence-electron chi connectivity index (χ3n) is 5.91. The van der Waals surface area contributed by atoms with E-state index in [1.165, 1.54) is 6.20 Å². The van der Waals surface area contributed by atoms with Gasteiger partial charge in [0, 0.05) is 34.4 Å². The molecule has 8 nitrogen and oxygen atoms in total. The van der Waals surface area contributed by atoms with Gasteiger partial charge in [-0.2, -0.15) is 0 Å². The number of nitrogens with one attached hydrogen (secondary N) is 3. The molecule has 0 radical (unpaired) electrons. The van der Waals surface area contributed by atoms with E-state index in [1.54, 1.807) is 36.1 Å². The van der Waals surface area contributed by atoms with Crippen molar-refractivity contribution < 1.29 is 14.4 Å². The number of hydrogen-bond donors (Lipinski definition) is 3. The summed E-state index contributed by atoms with van der Waals surface area (Å²) >= 11 is 0. The molecule has 3 N–H and O–H groups in total. The fourth-order valence-electron chi connectivity index (χ4n) is 4.28. The van der Waals surface area contributed by atoms with Gasteiger partial charge in [0.05, 0.1) is 6.04 Å². The molecule has 3 heterocycles. The van der Waals surface area contributed by atoms with Crippen LogP contribution in [0.4, 0.5) is 0 Å². The van der Waals surface area contributed by atoms with Gasteiger partial charge < -0.3 is 9.88 Å². The Kier molecular flexibility index (Phi) is 5.10. The quantitative estimate of drug-likeness (QED) is 0.425. The van der Waals surface area contributed by atoms with Gasteiger partial charge in [-0.3, -0.25) is 30.2 Å². The minimum Gasteiger partial charge on any atom is -0.361 e. The number of fused-ring (bicyclic) bond motifs is 2. The Balaban J connectivity index is 1.45. The molecule has 164 valence electrons. The van der Waals surface area contributed by atoms with Gasteiger partial charge in [-0.1, -0.05) is 42.5 Å². The third kappa shape index (κ3) is 3.51. The highest BCUT2D eigenvalue weighted by Crippen LogP contribution is 2.42. The number of H-pyrrole nitrogens is 1. The number of para-hydroxylation sites is 1. The maximum absolute atomic E-state index is 13.4. The topological polar surface area (TPSA) is 107 Å². The Labute approximate surface area is 189 Å². The fraction of sp³-hybridized carbons (Fsp3) is 0.120. The van der Waals surface area contributed by atoms with Gasteiger partial charge in [0.2, 0.25) is 0 Å². The summed E-state index contributed by atoms with van der Waals surface area (Å²) in [5.74, 6) is -1.29. The van der Waals surface area contributed by atoms with Crippen LogP contribution in [0.3, 0.4) is 0 Å². The molecule has 2 unspecified atom stereocenters. The van der Waals surface area contributed by atoms with Gasteiger partial charge >= 0.3 is 0 Å². The summed E-state index contributed by atoms with van der Waals surface area (Å²) in [5.41, 5.74) is 8.22. The summed E-state index contributed by atoms with van der Waals surface area (Å²) in [6.45, 7) is 1.65. The lowest BCUT2D eigenvalue weighted by Crippen LogP contribution is -2.52. The molecule has 1 aliphatic rings. The molecule has 0 fully saturated rings. The van der Waals surface area contributed by atoms with Crippen molar-refractivity contribution in [1.29, 1.82) is 0 Å². The second kappa shape index (κ2) is 8.23. The van der Waals surface area contributed by atoms with Crippen molar-refractivity contribution in [2.24, 2.45) is 0 Å². The molecule has 4 aromatic rings. The van der Waals surface area contributed by atoms with E-state index in [4.69, 9.17) is 0 Å². The zero-order valence-corrected chi connectivity index (χ0v) is 17.8. The third-order valence-corrected chi connectivity index (χ3v) is 5.91. The van der Waals surface area contributed by atoms with Crippen molar-refractivity contribution in [3.8, 4) is 0 Å². The molecule has 33 heavy (non-hydrogen) atoms. The van der Waals surface area contributed by atoms with Crippen LogP contribution in [0.5, 0.6) is 0 Å². The molecule has 0 saturated carbocycles. The predicted octanol–water partition coefficient (Wildman–Crippen LogP) is 2.96. The van der Waals surface area contributed by atoms with E-state index in [9.17, 15) is 14.4 Å². The predicted molar refractivity (Wildman–Crippen MR) is 122 cm³/mol. The summed E-state index contributed by atoms with van der Waals surface area (Å²) in [6, 6.07) is 18.8. The number of pyridine rings is 1. The summed E-state index contributed by atoms with van der Waals surface area (Å²) in [6.07, 6.45) is 3.37. The monoisotopic (exact) mass is 439 g/mol. The van der Waals surface area contributed by atoms with Gasteiger partial charge in [-0.15, -0.1) is 0 Å². The molecular formula is C25H21N5O3. The lowest BCUT2D eigenvalue weighted by molar-refractivity contribution is -0.126. The molecule has 3 amide bonds. The van der Waals surface area contributed by atoms with Gasteiger partial charge in [0.1, 0.15) is 11.7 Å². The van der Waals surface area contributed by atoms with Crippen molar-refractivity contribution in [3.05, 3.63) is 102 Å². The Morgan fingerprint density at radius 2 is 1.73 bits per heavy atom. The van der Waals surface area contributed by atoms with E-state index in [2.05, 4.69) is 20.8 Å². The highest BCUT2D eigenvalue weighted by atomic mass is 16.2. The molecule has 2 aromatic carbocycles. The minimum atomic E-state index is -0.854. The molecule has 0 bridgehead atoms. The number of hydrazine groups is 1. The standard InChI is InChI=1S/C25H21N5O3/c1-15(23(31)28-29-24(32)21-12-6-7-13-26-21)30-22(17-9-2-3-10-18(17)25(30)33)19-14-27-20-11-5-4-8-16(19)20/h2-15,22,27H,1H3,(H,28,31)(H,29,32). The van der Waals surface area contributed by atoms with E-state index >= 15 is 0 Å². The van der Waals surface area contributed by atoms with Gasteiger partial charge in [0.15, 0.2) is 0 Å². The van der Waals surface area contributed by atoms with E-state index in [1.807, 2.05) is 48.7 Å². The summed E-state index contributed by atoms with van der Waals surface area (Å²) in [7, 11) is 0. The summed E-state index contributed by atoms with van der Waals surface area (Å²) in [5, 5.41) is 0.980. The van der Waals surface area contributed by atoms with E-state index in [-0.39, 0.29) is 11.6 Å². The van der Waals surface area contributed by atoms with Crippen LogP contribution in [0, 0.1) is 0 Å². The smallest absolute Gasteiger partial charge is 0.288 e. The zero-order valence-electron chi connectivity index (χ0n) is 17.8. The second-order valence-electron chi connectivity index (χ2n) is 7.83. The largest absolute Gasteiger partial charge is 0.361 e. The van der Waals surface area contributed by atoms with Gasteiger partial charge in [0.25, 0.3) is 17.7 Å². The van der Waals surface area contributed by atoms with E-state index in [0.29, 0.717) is 5.56 Å². The number of aromatic amines is 1. The molecule has 0 saturated heterocycles. The van der Waals surface area contributed by atoms with Crippen molar-refractivity contribution in [1.82, 2.24) is 25.7 Å². The number of benzene rings is 2. The zero-order chi connectivity index (χ0) is 22.9. The maximum atomic E-state index is 13.4. The molecule has 2 aromatic heterocycles. The Bertz CT molecular complexity index is 1360. The van der Waals surface area contributed by atoms with Crippen LogP contribution in [-0.4, -0.2) is 38.6 Å². The minimum absolute atomic E-state index is 0.173. The number of carbonyl (C=O) groups excluding carboxylic acids is 3. The number of nitrogens with zero attached hydrogens (tertiary/aromatic N) is 2. The Hall–Kier alpha value is -4.46. The number of rotatable bonds is 4. The average Bonchev–Trinajstić information content (AvgIpc) is 3.41. The molecule has 2 atom stereocenters.